The first-order chi connectivity index (χ1) is 16.3. The smallest absolute Gasteiger partial charge is 0.233 e. The lowest BCUT2D eigenvalue weighted by Gasteiger charge is -2.28. The molecule has 0 saturated carbocycles. The molecule has 1 fully saturated rings. The van der Waals surface area contributed by atoms with E-state index in [0.29, 0.717) is 24.4 Å². The molecule has 3 aromatic rings. The Balaban J connectivity index is 1.51. The van der Waals surface area contributed by atoms with Crippen molar-refractivity contribution in [3.05, 3.63) is 99.6 Å². The number of amides is 2. The molecule has 3 atom stereocenters. The molecule has 1 saturated heterocycles. The predicted molar refractivity (Wildman–Crippen MR) is 142 cm³/mol. The Labute approximate surface area is 208 Å². The largest absolute Gasteiger partial charge is 0.278 e. The van der Waals surface area contributed by atoms with Gasteiger partial charge in [-0.15, -0.1) is 9.24 Å². The molecular weight excluding hydrogens is 461 g/mol. The molecule has 2 amide bonds. The SMILES string of the molecule is Cc1ccc(C2=C(c3ccc(Cl)cc3)CC3C(=O)N(Cc4ccc(C)c(P)c4)C(=O)C3C2)cc1. The van der Waals surface area contributed by atoms with Crippen molar-refractivity contribution < 1.29 is 9.59 Å². The molecule has 3 aromatic carbocycles. The zero-order chi connectivity index (χ0) is 24.0. The van der Waals surface area contributed by atoms with Crippen molar-refractivity contribution in [2.24, 2.45) is 11.8 Å². The summed E-state index contributed by atoms with van der Waals surface area (Å²) in [4.78, 5) is 28.4. The number of fused-ring (bicyclic) bond motifs is 1. The van der Waals surface area contributed by atoms with Gasteiger partial charge in [-0.1, -0.05) is 65.7 Å². The minimum absolute atomic E-state index is 0.0550. The minimum Gasteiger partial charge on any atom is -0.278 e. The average Bonchev–Trinajstić information content (AvgIpc) is 3.06. The highest BCUT2D eigenvalue weighted by Crippen LogP contribution is 2.48. The van der Waals surface area contributed by atoms with Gasteiger partial charge >= 0.3 is 0 Å². The Bertz CT molecular complexity index is 1240. The third kappa shape index (κ3) is 4.24. The van der Waals surface area contributed by atoms with Crippen LogP contribution in [0.25, 0.3) is 11.1 Å². The number of benzene rings is 3. The highest BCUT2D eigenvalue weighted by Gasteiger charge is 2.50. The summed E-state index contributed by atoms with van der Waals surface area (Å²) in [7, 11) is 2.73. The summed E-state index contributed by atoms with van der Waals surface area (Å²) in [6.45, 7) is 4.43. The van der Waals surface area contributed by atoms with E-state index in [4.69, 9.17) is 11.6 Å². The number of carbonyl (C=O) groups is 2. The summed E-state index contributed by atoms with van der Waals surface area (Å²) in [5.41, 5.74) is 7.78. The van der Waals surface area contributed by atoms with E-state index in [0.717, 1.165) is 33.1 Å². The van der Waals surface area contributed by atoms with Crippen LogP contribution in [0.3, 0.4) is 0 Å². The van der Waals surface area contributed by atoms with Gasteiger partial charge in [-0.05, 0) is 83.6 Å². The van der Waals surface area contributed by atoms with Gasteiger partial charge in [-0.3, -0.25) is 14.5 Å². The number of hydrogen-bond acceptors (Lipinski definition) is 2. The van der Waals surface area contributed by atoms with Crippen LogP contribution in [-0.4, -0.2) is 16.7 Å². The summed E-state index contributed by atoms with van der Waals surface area (Å²) in [5.74, 6) is -0.759. The Morgan fingerprint density at radius 3 is 1.88 bits per heavy atom. The molecule has 0 spiro atoms. The van der Waals surface area contributed by atoms with Crippen LogP contribution in [0.15, 0.2) is 66.7 Å². The molecule has 1 aliphatic carbocycles. The van der Waals surface area contributed by atoms with Gasteiger partial charge in [0.05, 0.1) is 18.4 Å². The van der Waals surface area contributed by atoms with E-state index in [1.165, 1.54) is 16.0 Å². The van der Waals surface area contributed by atoms with E-state index in [9.17, 15) is 9.59 Å². The topological polar surface area (TPSA) is 37.4 Å². The van der Waals surface area contributed by atoms with Crippen molar-refractivity contribution in [2.45, 2.75) is 33.2 Å². The van der Waals surface area contributed by atoms with Crippen LogP contribution in [0.1, 0.15) is 40.7 Å². The maximum atomic E-state index is 13.5. The molecule has 34 heavy (non-hydrogen) atoms. The zero-order valence-electron chi connectivity index (χ0n) is 19.3. The molecule has 1 aliphatic heterocycles. The molecule has 2 aliphatic rings. The van der Waals surface area contributed by atoms with Gasteiger partial charge in [-0.2, -0.15) is 0 Å². The molecule has 0 aromatic heterocycles. The number of likely N-dealkylation sites (tertiary alicyclic amines) is 1. The number of rotatable bonds is 4. The van der Waals surface area contributed by atoms with Crippen molar-refractivity contribution in [2.75, 3.05) is 0 Å². The lowest BCUT2D eigenvalue weighted by atomic mass is 9.73. The monoisotopic (exact) mass is 487 g/mol. The second-order valence-electron chi connectivity index (χ2n) is 9.40. The molecule has 0 radical (unpaired) electrons. The standard InChI is InChI=1S/C29H27ClNO2P/c1-17-3-7-20(8-4-17)23-14-25-26(15-24(23)21-9-11-22(30)12-10-21)29(33)31(28(25)32)16-19-6-5-18(2)27(34)13-19/h3-13,25-26H,14-16,34H2,1-2H3. The maximum Gasteiger partial charge on any atom is 0.233 e. The quantitative estimate of drug-likeness (QED) is 0.336. The Morgan fingerprint density at radius 2 is 1.35 bits per heavy atom. The van der Waals surface area contributed by atoms with Crippen LogP contribution >= 0.6 is 20.8 Å². The number of allylic oxidation sites excluding steroid dienone is 2. The van der Waals surface area contributed by atoms with Gasteiger partial charge in [-0.25, -0.2) is 0 Å². The molecule has 5 heteroatoms. The lowest BCUT2D eigenvalue weighted by Crippen LogP contribution is -2.30. The Kier molecular flexibility index (Phi) is 6.18. The molecule has 0 N–H and O–H groups in total. The number of halogens is 1. The van der Waals surface area contributed by atoms with E-state index < -0.39 is 0 Å². The number of hydrogen-bond donors (Lipinski definition) is 0. The number of carbonyl (C=O) groups excluding carboxylic acids is 2. The third-order valence-corrected chi connectivity index (χ3v) is 8.02. The Morgan fingerprint density at radius 1 is 0.824 bits per heavy atom. The molecular formula is C29H27ClNO2P. The fourth-order valence-electron chi connectivity index (χ4n) is 5.12. The predicted octanol–water partition coefficient (Wildman–Crippen LogP) is 5.96. The van der Waals surface area contributed by atoms with Crippen LogP contribution in [0.2, 0.25) is 5.02 Å². The first kappa shape index (κ1) is 23.0. The summed E-state index contributed by atoms with van der Waals surface area (Å²) < 4.78 is 0. The van der Waals surface area contributed by atoms with Gasteiger partial charge in [0.1, 0.15) is 0 Å². The van der Waals surface area contributed by atoms with Gasteiger partial charge in [0.15, 0.2) is 0 Å². The molecule has 0 bridgehead atoms. The van der Waals surface area contributed by atoms with Crippen molar-refractivity contribution >= 4 is 49.1 Å². The first-order valence-electron chi connectivity index (χ1n) is 11.6. The van der Waals surface area contributed by atoms with Gasteiger partial charge in [0, 0.05) is 5.02 Å². The van der Waals surface area contributed by atoms with Gasteiger partial charge in [0.2, 0.25) is 11.8 Å². The third-order valence-electron chi connectivity index (χ3n) is 7.14. The fourth-order valence-corrected chi connectivity index (χ4v) is 5.55. The summed E-state index contributed by atoms with van der Waals surface area (Å²) in [6, 6.07) is 22.3. The summed E-state index contributed by atoms with van der Waals surface area (Å²) >= 11 is 6.15. The fraction of sp³-hybridized carbons (Fsp3) is 0.241. The van der Waals surface area contributed by atoms with E-state index in [1.54, 1.807) is 0 Å². The van der Waals surface area contributed by atoms with Crippen molar-refractivity contribution in [1.82, 2.24) is 4.90 Å². The van der Waals surface area contributed by atoms with Crippen LogP contribution in [-0.2, 0) is 16.1 Å². The van der Waals surface area contributed by atoms with E-state index in [1.807, 2.05) is 49.4 Å². The molecule has 1 heterocycles. The number of aryl methyl sites for hydroxylation is 2. The van der Waals surface area contributed by atoms with Gasteiger partial charge in [0.25, 0.3) is 0 Å². The lowest BCUT2D eigenvalue weighted by molar-refractivity contribution is -0.140. The summed E-state index contributed by atoms with van der Waals surface area (Å²) in [5, 5.41) is 1.77. The van der Waals surface area contributed by atoms with Crippen LogP contribution < -0.4 is 5.30 Å². The van der Waals surface area contributed by atoms with Crippen molar-refractivity contribution in [3.8, 4) is 0 Å². The minimum atomic E-state index is -0.326. The number of imide groups is 1. The molecule has 5 rings (SSSR count). The zero-order valence-corrected chi connectivity index (χ0v) is 21.3. The number of nitrogens with zero attached hydrogens (tertiary/aromatic N) is 1. The van der Waals surface area contributed by atoms with E-state index in [2.05, 4.69) is 40.4 Å². The van der Waals surface area contributed by atoms with Crippen LogP contribution in [0.4, 0.5) is 0 Å². The van der Waals surface area contributed by atoms with E-state index >= 15 is 0 Å². The highest BCUT2D eigenvalue weighted by molar-refractivity contribution is 7.27. The van der Waals surface area contributed by atoms with Crippen LogP contribution in [0, 0.1) is 25.7 Å². The normalized spacial score (nSPS) is 20.2. The first-order valence-corrected chi connectivity index (χ1v) is 12.5. The molecule has 3 unspecified atom stereocenters. The second-order valence-corrected chi connectivity index (χ2v) is 10.5. The van der Waals surface area contributed by atoms with Gasteiger partial charge < -0.3 is 0 Å². The highest BCUT2D eigenvalue weighted by atomic mass is 35.5. The second kappa shape index (κ2) is 9.13. The van der Waals surface area contributed by atoms with Crippen LogP contribution in [0.5, 0.6) is 0 Å². The Hall–Kier alpha value is -2.74. The maximum absolute atomic E-state index is 13.5. The average molecular weight is 488 g/mol. The summed E-state index contributed by atoms with van der Waals surface area (Å²) in [6.07, 6.45) is 1.12. The molecule has 172 valence electrons. The van der Waals surface area contributed by atoms with Crippen molar-refractivity contribution in [1.29, 1.82) is 0 Å². The van der Waals surface area contributed by atoms with Crippen molar-refractivity contribution in [3.63, 3.8) is 0 Å². The van der Waals surface area contributed by atoms with E-state index in [-0.39, 0.29) is 23.7 Å². The molecule has 3 nitrogen and oxygen atoms in total.